The molecule has 0 saturated carbocycles. The first kappa shape index (κ1) is 24.0. The number of para-hydroxylation sites is 1. The van der Waals surface area contributed by atoms with Gasteiger partial charge in [-0.15, -0.1) is 0 Å². The van der Waals surface area contributed by atoms with Crippen molar-refractivity contribution < 1.29 is 17.9 Å². The largest absolute Gasteiger partial charge is 0.493 e. The van der Waals surface area contributed by atoms with Crippen LogP contribution in [-0.2, 0) is 16.6 Å². The van der Waals surface area contributed by atoms with Crippen molar-refractivity contribution in [1.82, 2.24) is 9.62 Å². The summed E-state index contributed by atoms with van der Waals surface area (Å²) in [4.78, 5) is 15.2. The summed E-state index contributed by atoms with van der Waals surface area (Å²) >= 11 is 0. The zero-order valence-corrected chi connectivity index (χ0v) is 20.1. The second-order valence-corrected chi connectivity index (χ2v) is 10.4. The molecule has 0 unspecified atom stereocenters. The Kier molecular flexibility index (Phi) is 7.65. The van der Waals surface area contributed by atoms with Crippen LogP contribution in [0.3, 0.4) is 0 Å². The zero-order valence-electron chi connectivity index (χ0n) is 19.3. The highest BCUT2D eigenvalue weighted by Crippen LogP contribution is 2.23. The lowest BCUT2D eigenvalue weighted by Crippen LogP contribution is -2.40. The molecule has 1 N–H and O–H groups in total. The lowest BCUT2D eigenvalue weighted by molar-refractivity contribution is 0.0660. The zero-order chi connectivity index (χ0) is 24.0. The van der Waals surface area contributed by atoms with Crippen LogP contribution in [0.1, 0.15) is 34.3 Å². The van der Waals surface area contributed by atoms with Gasteiger partial charge in [0, 0.05) is 25.2 Å². The Labute approximate surface area is 201 Å². The van der Waals surface area contributed by atoms with E-state index in [0.29, 0.717) is 31.2 Å². The van der Waals surface area contributed by atoms with Gasteiger partial charge in [-0.05, 0) is 61.1 Å². The molecular formula is C27H30N2O4S. The third kappa shape index (κ3) is 6.04. The lowest BCUT2D eigenvalue weighted by atomic mass is 9.96. The van der Waals surface area contributed by atoms with Crippen molar-refractivity contribution in [2.24, 2.45) is 5.92 Å². The Morgan fingerprint density at radius 2 is 1.62 bits per heavy atom. The van der Waals surface area contributed by atoms with Crippen LogP contribution in [0.5, 0.6) is 5.75 Å². The Balaban J connectivity index is 1.37. The minimum Gasteiger partial charge on any atom is -0.493 e. The summed E-state index contributed by atoms with van der Waals surface area (Å²) in [6, 6.07) is 23.8. The fraction of sp³-hybridized carbons (Fsp3) is 0.296. The van der Waals surface area contributed by atoms with Crippen LogP contribution < -0.4 is 9.46 Å². The number of hydrogen-bond donors (Lipinski definition) is 1. The average Bonchev–Trinajstić information content (AvgIpc) is 2.87. The molecule has 178 valence electrons. The van der Waals surface area contributed by atoms with E-state index in [9.17, 15) is 13.2 Å². The quantitative estimate of drug-likeness (QED) is 0.521. The molecule has 4 rings (SSSR count). The number of benzene rings is 3. The molecular weight excluding hydrogens is 448 g/mol. The molecule has 1 aliphatic heterocycles. The van der Waals surface area contributed by atoms with Crippen LogP contribution in [0.25, 0.3) is 0 Å². The van der Waals surface area contributed by atoms with Gasteiger partial charge in [-0.25, -0.2) is 13.1 Å². The minimum atomic E-state index is -3.74. The molecule has 0 spiro atoms. The van der Waals surface area contributed by atoms with Crippen LogP contribution >= 0.6 is 0 Å². The van der Waals surface area contributed by atoms with Crippen molar-refractivity contribution in [3.63, 3.8) is 0 Å². The monoisotopic (exact) mass is 478 g/mol. The predicted molar refractivity (Wildman–Crippen MR) is 132 cm³/mol. The van der Waals surface area contributed by atoms with E-state index in [1.807, 2.05) is 72.5 Å². The van der Waals surface area contributed by atoms with E-state index in [1.54, 1.807) is 12.1 Å². The topological polar surface area (TPSA) is 75.7 Å². The van der Waals surface area contributed by atoms with Gasteiger partial charge in [-0.2, -0.15) is 0 Å². The van der Waals surface area contributed by atoms with Crippen molar-refractivity contribution in [2.75, 3.05) is 19.7 Å². The molecule has 6 nitrogen and oxygen atoms in total. The van der Waals surface area contributed by atoms with Crippen LogP contribution in [0.15, 0.2) is 83.8 Å². The maximum atomic E-state index is 13.2. The second-order valence-electron chi connectivity index (χ2n) is 8.65. The number of aryl methyl sites for hydroxylation is 1. The van der Waals surface area contributed by atoms with E-state index in [2.05, 4.69) is 4.72 Å². The molecule has 0 aromatic heterocycles. The van der Waals surface area contributed by atoms with Crippen LogP contribution in [0.4, 0.5) is 0 Å². The van der Waals surface area contributed by atoms with E-state index in [4.69, 9.17) is 4.74 Å². The number of ether oxygens (including phenoxy) is 1. The number of carbonyl (C=O) groups excluding carboxylic acids is 1. The molecule has 34 heavy (non-hydrogen) atoms. The van der Waals surface area contributed by atoms with Gasteiger partial charge in [0.1, 0.15) is 5.75 Å². The fourth-order valence-electron chi connectivity index (χ4n) is 4.06. The van der Waals surface area contributed by atoms with Gasteiger partial charge in [0.25, 0.3) is 5.91 Å². The highest BCUT2D eigenvalue weighted by molar-refractivity contribution is 7.89. The highest BCUT2D eigenvalue weighted by atomic mass is 32.2. The standard InChI is InChI=1S/C27H30N2O4S/c1-21-12-13-25(34(31,32)28-19-22-8-4-2-5-9-22)18-26(21)27(30)29-16-14-23(15-17-29)20-33-24-10-6-3-7-11-24/h2-13,18,23,28H,14-17,19-20H2,1H3. The van der Waals surface area contributed by atoms with Crippen molar-refractivity contribution in [3.05, 3.63) is 95.6 Å². The summed E-state index contributed by atoms with van der Waals surface area (Å²) in [6.07, 6.45) is 1.71. The van der Waals surface area contributed by atoms with Crippen molar-refractivity contribution >= 4 is 15.9 Å². The number of amides is 1. The first-order valence-corrected chi connectivity index (χ1v) is 13.0. The molecule has 1 aliphatic rings. The van der Waals surface area contributed by atoms with E-state index in [-0.39, 0.29) is 17.3 Å². The van der Waals surface area contributed by atoms with Crippen molar-refractivity contribution in [3.8, 4) is 5.75 Å². The van der Waals surface area contributed by atoms with Gasteiger partial charge in [-0.3, -0.25) is 4.79 Å². The average molecular weight is 479 g/mol. The fourth-order valence-corrected chi connectivity index (χ4v) is 5.10. The Bertz CT molecular complexity index is 1210. The van der Waals surface area contributed by atoms with Crippen LogP contribution in [-0.4, -0.2) is 38.9 Å². The maximum Gasteiger partial charge on any atom is 0.254 e. The number of carbonyl (C=O) groups is 1. The van der Waals surface area contributed by atoms with Crippen LogP contribution in [0.2, 0.25) is 0 Å². The van der Waals surface area contributed by atoms with E-state index in [0.717, 1.165) is 29.7 Å². The predicted octanol–water partition coefficient (Wildman–Crippen LogP) is 4.40. The van der Waals surface area contributed by atoms with Gasteiger partial charge in [0.2, 0.25) is 10.0 Å². The number of sulfonamides is 1. The first-order valence-electron chi connectivity index (χ1n) is 11.5. The van der Waals surface area contributed by atoms with E-state index < -0.39 is 10.0 Å². The van der Waals surface area contributed by atoms with E-state index in [1.165, 1.54) is 6.07 Å². The summed E-state index contributed by atoms with van der Waals surface area (Å²) in [7, 11) is -3.74. The molecule has 3 aromatic carbocycles. The van der Waals surface area contributed by atoms with Gasteiger partial charge in [0.15, 0.2) is 0 Å². The van der Waals surface area contributed by atoms with Crippen molar-refractivity contribution in [2.45, 2.75) is 31.2 Å². The highest BCUT2D eigenvalue weighted by Gasteiger charge is 2.26. The van der Waals surface area contributed by atoms with Gasteiger partial charge < -0.3 is 9.64 Å². The Morgan fingerprint density at radius 1 is 0.971 bits per heavy atom. The molecule has 0 aliphatic carbocycles. The minimum absolute atomic E-state index is 0.100. The summed E-state index contributed by atoms with van der Waals surface area (Å²) in [6.45, 7) is 3.92. The lowest BCUT2D eigenvalue weighted by Gasteiger charge is -2.32. The number of nitrogens with one attached hydrogen (secondary N) is 1. The summed E-state index contributed by atoms with van der Waals surface area (Å²) < 4.78 is 34.2. The number of rotatable bonds is 8. The summed E-state index contributed by atoms with van der Waals surface area (Å²) in [5.74, 6) is 1.12. The number of piperidine rings is 1. The molecule has 7 heteroatoms. The molecule has 1 fully saturated rings. The second kappa shape index (κ2) is 10.8. The number of likely N-dealkylation sites (tertiary alicyclic amines) is 1. The molecule has 0 bridgehead atoms. The first-order chi connectivity index (χ1) is 16.4. The SMILES string of the molecule is Cc1ccc(S(=O)(=O)NCc2ccccc2)cc1C(=O)N1CCC(COc2ccccc2)CC1. The molecule has 1 saturated heterocycles. The smallest absolute Gasteiger partial charge is 0.254 e. The summed E-state index contributed by atoms with van der Waals surface area (Å²) in [5.41, 5.74) is 2.07. The molecule has 1 heterocycles. The van der Waals surface area contributed by atoms with E-state index >= 15 is 0 Å². The number of hydrogen-bond acceptors (Lipinski definition) is 4. The van der Waals surface area contributed by atoms with Gasteiger partial charge >= 0.3 is 0 Å². The maximum absolute atomic E-state index is 13.2. The Hall–Kier alpha value is -3.16. The molecule has 0 atom stereocenters. The third-order valence-electron chi connectivity index (χ3n) is 6.19. The van der Waals surface area contributed by atoms with Crippen LogP contribution in [0, 0.1) is 12.8 Å². The normalized spacial score (nSPS) is 14.7. The van der Waals surface area contributed by atoms with Gasteiger partial charge in [0.05, 0.1) is 11.5 Å². The molecule has 0 radical (unpaired) electrons. The third-order valence-corrected chi connectivity index (χ3v) is 7.59. The Morgan fingerprint density at radius 3 is 2.29 bits per heavy atom. The molecule has 1 amide bonds. The number of nitrogens with zero attached hydrogens (tertiary/aromatic N) is 1. The van der Waals surface area contributed by atoms with Gasteiger partial charge in [-0.1, -0.05) is 54.6 Å². The summed E-state index contributed by atoms with van der Waals surface area (Å²) in [5, 5.41) is 0. The van der Waals surface area contributed by atoms with Crippen molar-refractivity contribution in [1.29, 1.82) is 0 Å². The molecule has 3 aromatic rings.